The van der Waals surface area contributed by atoms with Crippen LogP contribution in [0.1, 0.15) is 44.9 Å². The topological polar surface area (TPSA) is 139 Å². The lowest BCUT2D eigenvalue weighted by Crippen LogP contribution is -2.61. The summed E-state index contributed by atoms with van der Waals surface area (Å²) in [6.07, 6.45) is 4.22. The van der Waals surface area contributed by atoms with Crippen LogP contribution in [0.15, 0.2) is 22.8 Å². The lowest BCUT2D eigenvalue weighted by atomic mass is 9.60. The Morgan fingerprint density at radius 3 is 2.69 bits per heavy atom. The highest BCUT2D eigenvalue weighted by Crippen LogP contribution is 2.57. The summed E-state index contributed by atoms with van der Waals surface area (Å²) in [5.74, 6) is -0.307. The quantitative estimate of drug-likeness (QED) is 0.286. The number of ether oxygens (including phenoxy) is 3. The second kappa shape index (κ2) is 9.56. The van der Waals surface area contributed by atoms with Gasteiger partial charge in [-0.2, -0.15) is 0 Å². The van der Waals surface area contributed by atoms with Crippen molar-refractivity contribution in [2.45, 2.75) is 63.1 Å². The summed E-state index contributed by atoms with van der Waals surface area (Å²) >= 11 is 0. The van der Waals surface area contributed by atoms with E-state index in [2.05, 4.69) is 21.3 Å². The Morgan fingerprint density at radius 2 is 1.97 bits per heavy atom. The average Bonchev–Trinajstić information content (AvgIpc) is 3.27. The van der Waals surface area contributed by atoms with E-state index >= 15 is 0 Å². The minimum Gasteiger partial charge on any atom is -0.401 e. The fraction of sp³-hybridized carbons (Fsp3) is 0.773. The molecule has 4 rings (SSSR count). The third-order valence-corrected chi connectivity index (χ3v) is 7.30. The van der Waals surface area contributed by atoms with Crippen LogP contribution >= 0.6 is 0 Å². The minimum atomic E-state index is -1.04. The standard InChI is InChI=1S/C22H37N5O5/c1-24-18-15(25-10-11-30-2)20(29)27-19(26-18)16(28)14-6-5-8-21(17(14)23)7-3-4-9-22(21)31-12-13-32-22/h19-20,24-27,29H,3-13,23H2,1-2H3/t19?,20?,21-/m0/s1. The molecule has 0 radical (unpaired) electrons. The van der Waals surface area contributed by atoms with Crippen LogP contribution in [0.25, 0.3) is 0 Å². The highest BCUT2D eigenvalue weighted by atomic mass is 16.7. The molecule has 4 aliphatic rings. The number of carbonyl (C=O) groups is 1. The van der Waals surface area contributed by atoms with Gasteiger partial charge >= 0.3 is 0 Å². The zero-order valence-electron chi connectivity index (χ0n) is 19.1. The molecule has 2 unspecified atom stereocenters. The van der Waals surface area contributed by atoms with Gasteiger partial charge in [-0.25, -0.2) is 0 Å². The molecule has 0 aromatic heterocycles. The van der Waals surface area contributed by atoms with E-state index in [0.717, 1.165) is 38.5 Å². The molecule has 2 spiro atoms. The molecule has 1 saturated heterocycles. The molecule has 2 aliphatic heterocycles. The summed E-state index contributed by atoms with van der Waals surface area (Å²) in [4.78, 5) is 13.6. The maximum atomic E-state index is 13.6. The number of aliphatic hydroxyl groups excluding tert-OH is 1. The summed E-state index contributed by atoms with van der Waals surface area (Å²) in [6.45, 7) is 2.14. The van der Waals surface area contributed by atoms with Gasteiger partial charge in [-0.15, -0.1) is 0 Å². The molecule has 3 atom stereocenters. The van der Waals surface area contributed by atoms with E-state index in [0.29, 0.717) is 55.6 Å². The van der Waals surface area contributed by atoms with Crippen molar-refractivity contribution in [2.24, 2.45) is 11.1 Å². The van der Waals surface area contributed by atoms with Crippen molar-refractivity contribution in [3.63, 3.8) is 0 Å². The smallest absolute Gasteiger partial charge is 0.197 e. The van der Waals surface area contributed by atoms with Crippen molar-refractivity contribution >= 4 is 5.78 Å². The summed E-state index contributed by atoms with van der Waals surface area (Å²) in [5.41, 5.74) is 8.07. The van der Waals surface area contributed by atoms with Gasteiger partial charge in [-0.05, 0) is 32.1 Å². The van der Waals surface area contributed by atoms with E-state index < -0.39 is 23.6 Å². The number of Topliss-reactive ketones (excluding diaryl/α,β-unsaturated/α-hetero) is 1. The number of hydrogen-bond donors (Lipinski definition) is 6. The molecule has 2 fully saturated rings. The van der Waals surface area contributed by atoms with Gasteiger partial charge in [-0.3, -0.25) is 10.1 Å². The van der Waals surface area contributed by atoms with Crippen molar-refractivity contribution in [3.05, 3.63) is 22.8 Å². The van der Waals surface area contributed by atoms with Crippen LogP contribution < -0.4 is 27.0 Å². The normalized spacial score (nSPS) is 32.3. The first kappa shape index (κ1) is 23.3. The number of methoxy groups -OCH3 is 1. The lowest BCUT2D eigenvalue weighted by molar-refractivity contribution is -0.248. The van der Waals surface area contributed by atoms with Gasteiger partial charge in [-0.1, -0.05) is 6.42 Å². The third kappa shape index (κ3) is 3.88. The summed E-state index contributed by atoms with van der Waals surface area (Å²) in [7, 11) is 3.36. The molecule has 0 amide bonds. The Labute approximate surface area is 189 Å². The maximum absolute atomic E-state index is 13.6. The first-order chi connectivity index (χ1) is 15.5. The molecule has 1 saturated carbocycles. The fourth-order valence-electron chi connectivity index (χ4n) is 5.76. The summed E-state index contributed by atoms with van der Waals surface area (Å²) < 4.78 is 17.4. The molecule has 180 valence electrons. The monoisotopic (exact) mass is 451 g/mol. The number of nitrogens with one attached hydrogen (secondary N) is 4. The molecule has 10 heteroatoms. The van der Waals surface area contributed by atoms with Crippen molar-refractivity contribution in [1.82, 2.24) is 21.3 Å². The van der Waals surface area contributed by atoms with Gasteiger partial charge < -0.3 is 41.0 Å². The van der Waals surface area contributed by atoms with Crippen LogP contribution in [0.3, 0.4) is 0 Å². The Kier molecular flexibility index (Phi) is 6.97. The Hall–Kier alpha value is -1.85. The molecule has 2 heterocycles. The Morgan fingerprint density at radius 1 is 1.25 bits per heavy atom. The number of ketones is 1. The van der Waals surface area contributed by atoms with Gasteiger partial charge in [0.25, 0.3) is 0 Å². The second-order valence-electron chi connectivity index (χ2n) is 8.95. The number of carbonyl (C=O) groups excluding carboxylic acids is 1. The van der Waals surface area contributed by atoms with Crippen LogP contribution in [0.2, 0.25) is 0 Å². The van der Waals surface area contributed by atoms with Crippen molar-refractivity contribution in [2.75, 3.05) is 40.5 Å². The predicted octanol–water partition coefficient (Wildman–Crippen LogP) is -0.282. The lowest BCUT2D eigenvalue weighted by Gasteiger charge is -2.52. The first-order valence-electron chi connectivity index (χ1n) is 11.6. The minimum absolute atomic E-state index is 0.150. The van der Waals surface area contributed by atoms with E-state index in [1.54, 1.807) is 14.2 Å². The zero-order valence-corrected chi connectivity index (χ0v) is 19.1. The van der Waals surface area contributed by atoms with Crippen LogP contribution in [0, 0.1) is 5.41 Å². The molecular weight excluding hydrogens is 414 g/mol. The van der Waals surface area contributed by atoms with Crippen molar-refractivity contribution in [1.29, 1.82) is 0 Å². The number of fused-ring (bicyclic) bond motifs is 1. The average molecular weight is 452 g/mol. The molecular formula is C22H37N5O5. The summed E-state index contributed by atoms with van der Waals surface area (Å²) in [6, 6.07) is 0. The SMILES string of the molecule is CNC1=C(NCCOC)C(O)NC(C(=O)C2=C(N)[C@]3(CCCCC34OCCO4)CCC2)N1. The molecule has 0 aromatic carbocycles. The van der Waals surface area contributed by atoms with Gasteiger partial charge in [0.05, 0.1) is 30.9 Å². The fourth-order valence-corrected chi connectivity index (χ4v) is 5.76. The van der Waals surface area contributed by atoms with Gasteiger partial charge in [0.15, 0.2) is 17.8 Å². The van der Waals surface area contributed by atoms with Crippen molar-refractivity contribution in [3.8, 4) is 0 Å². The van der Waals surface area contributed by atoms with Gasteiger partial charge in [0.2, 0.25) is 0 Å². The molecule has 2 aliphatic carbocycles. The van der Waals surface area contributed by atoms with Gasteiger partial charge in [0.1, 0.15) is 12.0 Å². The Balaban J connectivity index is 1.59. The molecule has 32 heavy (non-hydrogen) atoms. The first-order valence-corrected chi connectivity index (χ1v) is 11.6. The van der Waals surface area contributed by atoms with E-state index in [4.69, 9.17) is 19.9 Å². The van der Waals surface area contributed by atoms with Crippen LogP contribution in [0.5, 0.6) is 0 Å². The summed E-state index contributed by atoms with van der Waals surface area (Å²) in [5, 5.41) is 23.0. The second-order valence-corrected chi connectivity index (χ2v) is 8.95. The van der Waals surface area contributed by atoms with Gasteiger partial charge in [0, 0.05) is 38.4 Å². The number of hydrogen-bond acceptors (Lipinski definition) is 10. The molecule has 0 bridgehead atoms. The number of nitrogens with two attached hydrogens (primary N) is 1. The van der Waals surface area contributed by atoms with Crippen LogP contribution in [0.4, 0.5) is 0 Å². The van der Waals surface area contributed by atoms with Crippen LogP contribution in [-0.4, -0.2) is 69.6 Å². The zero-order chi connectivity index (χ0) is 22.8. The van der Waals surface area contributed by atoms with E-state index in [1.165, 1.54) is 0 Å². The predicted molar refractivity (Wildman–Crippen MR) is 118 cm³/mol. The van der Waals surface area contributed by atoms with E-state index in [-0.39, 0.29) is 5.78 Å². The molecule has 7 N–H and O–H groups in total. The van der Waals surface area contributed by atoms with Crippen LogP contribution in [-0.2, 0) is 19.0 Å². The number of aliphatic hydroxyl groups is 1. The van der Waals surface area contributed by atoms with E-state index in [9.17, 15) is 9.90 Å². The Bertz CT molecular complexity index is 779. The largest absolute Gasteiger partial charge is 0.401 e. The highest BCUT2D eigenvalue weighted by Gasteiger charge is 2.60. The molecule has 10 nitrogen and oxygen atoms in total. The number of rotatable bonds is 7. The van der Waals surface area contributed by atoms with Crippen molar-refractivity contribution < 1.29 is 24.1 Å². The third-order valence-electron chi connectivity index (χ3n) is 7.30. The van der Waals surface area contributed by atoms with E-state index in [1.807, 2.05) is 0 Å². The maximum Gasteiger partial charge on any atom is 0.197 e. The molecule has 0 aromatic rings. The highest BCUT2D eigenvalue weighted by molar-refractivity contribution is 6.00.